The van der Waals surface area contributed by atoms with Crippen molar-refractivity contribution >= 4 is 33.5 Å². The lowest BCUT2D eigenvalue weighted by atomic mass is 10.2. The molecule has 0 saturated heterocycles. The van der Waals surface area contributed by atoms with E-state index in [1.54, 1.807) is 20.0 Å². The second-order valence-corrected chi connectivity index (χ2v) is 4.78. The number of rotatable bonds is 4. The van der Waals surface area contributed by atoms with Gasteiger partial charge in [-0.3, -0.25) is 0 Å². The molecule has 0 saturated carbocycles. The standard InChI is InChI=1S/C12H13BrFN5O/c1-6-4-8(14)7(13)5-9(6)16-11-17-10(15-2)18-12(19-11)20-3/h4-5H,1-3H3,(H2,15,16,17,18,19). The normalized spacial score (nSPS) is 10.2. The fourth-order valence-corrected chi connectivity index (χ4v) is 1.86. The molecule has 1 heterocycles. The highest BCUT2D eigenvalue weighted by atomic mass is 79.9. The maximum atomic E-state index is 13.4. The van der Waals surface area contributed by atoms with Crippen LogP contribution in [0.3, 0.4) is 0 Å². The number of nitrogens with zero attached hydrogens (tertiary/aromatic N) is 3. The number of ether oxygens (including phenoxy) is 1. The van der Waals surface area contributed by atoms with Crippen LogP contribution in [0.4, 0.5) is 22.0 Å². The first-order valence-electron chi connectivity index (χ1n) is 5.74. The van der Waals surface area contributed by atoms with Crippen LogP contribution in [-0.4, -0.2) is 29.1 Å². The minimum Gasteiger partial charge on any atom is -0.467 e. The Hall–Kier alpha value is -1.96. The van der Waals surface area contributed by atoms with E-state index in [9.17, 15) is 4.39 Å². The van der Waals surface area contributed by atoms with Crippen LogP contribution in [0, 0.1) is 12.7 Å². The van der Waals surface area contributed by atoms with Gasteiger partial charge in [-0.2, -0.15) is 15.0 Å². The second-order valence-electron chi connectivity index (χ2n) is 3.93. The number of aromatic nitrogens is 3. The number of hydrogen-bond donors (Lipinski definition) is 2. The Bertz CT molecular complexity index is 615. The summed E-state index contributed by atoms with van der Waals surface area (Å²) in [5.74, 6) is 0.359. The van der Waals surface area contributed by atoms with Crippen LogP contribution in [0.5, 0.6) is 6.01 Å². The van der Waals surface area contributed by atoms with Gasteiger partial charge in [-0.05, 0) is 40.5 Å². The predicted octanol–water partition coefficient (Wildman–Crippen LogP) is 2.88. The fourth-order valence-electron chi connectivity index (χ4n) is 1.52. The number of aryl methyl sites for hydroxylation is 1. The third kappa shape index (κ3) is 3.13. The minimum absolute atomic E-state index is 0.186. The van der Waals surface area contributed by atoms with Crippen LogP contribution >= 0.6 is 15.9 Å². The third-order valence-corrected chi connectivity index (χ3v) is 3.14. The van der Waals surface area contributed by atoms with E-state index < -0.39 is 0 Å². The van der Waals surface area contributed by atoms with Gasteiger partial charge < -0.3 is 15.4 Å². The van der Waals surface area contributed by atoms with E-state index in [2.05, 4.69) is 41.5 Å². The molecule has 6 nitrogen and oxygen atoms in total. The molecule has 0 aliphatic carbocycles. The first kappa shape index (κ1) is 14.4. The molecule has 2 N–H and O–H groups in total. The highest BCUT2D eigenvalue weighted by molar-refractivity contribution is 9.10. The Morgan fingerprint density at radius 2 is 1.90 bits per heavy atom. The molecule has 20 heavy (non-hydrogen) atoms. The summed E-state index contributed by atoms with van der Waals surface area (Å²) in [6, 6.07) is 3.23. The van der Waals surface area contributed by atoms with Gasteiger partial charge in [0.2, 0.25) is 11.9 Å². The molecular weight excluding hydrogens is 329 g/mol. The Morgan fingerprint density at radius 3 is 2.55 bits per heavy atom. The number of hydrogen-bond acceptors (Lipinski definition) is 6. The van der Waals surface area contributed by atoms with E-state index in [4.69, 9.17) is 4.74 Å². The van der Waals surface area contributed by atoms with E-state index in [1.807, 2.05) is 0 Å². The maximum Gasteiger partial charge on any atom is 0.322 e. The highest BCUT2D eigenvalue weighted by Crippen LogP contribution is 2.26. The zero-order valence-corrected chi connectivity index (χ0v) is 12.7. The van der Waals surface area contributed by atoms with Crippen molar-refractivity contribution in [1.82, 2.24) is 15.0 Å². The second kappa shape index (κ2) is 6.00. The van der Waals surface area contributed by atoms with E-state index in [-0.39, 0.29) is 11.8 Å². The van der Waals surface area contributed by atoms with Gasteiger partial charge in [0.05, 0.1) is 11.6 Å². The van der Waals surface area contributed by atoms with Gasteiger partial charge in [0, 0.05) is 12.7 Å². The largest absolute Gasteiger partial charge is 0.467 e. The molecule has 8 heteroatoms. The number of benzene rings is 1. The summed E-state index contributed by atoms with van der Waals surface area (Å²) < 4.78 is 18.7. The zero-order chi connectivity index (χ0) is 14.7. The monoisotopic (exact) mass is 341 g/mol. The SMILES string of the molecule is CNc1nc(Nc2cc(Br)c(F)cc2C)nc(OC)n1. The molecule has 1 aromatic carbocycles. The molecule has 2 rings (SSSR count). The topological polar surface area (TPSA) is 72.0 Å². The van der Waals surface area contributed by atoms with Crippen molar-refractivity contribution in [3.05, 3.63) is 28.0 Å². The van der Waals surface area contributed by atoms with Crippen molar-refractivity contribution < 1.29 is 9.13 Å². The summed E-state index contributed by atoms with van der Waals surface area (Å²) in [5, 5.41) is 5.82. The molecule has 106 valence electrons. The van der Waals surface area contributed by atoms with Crippen LogP contribution in [0.15, 0.2) is 16.6 Å². The summed E-state index contributed by atoms with van der Waals surface area (Å²) >= 11 is 3.14. The molecule has 2 aromatic rings. The Labute approximate surface area is 123 Å². The smallest absolute Gasteiger partial charge is 0.322 e. The third-order valence-electron chi connectivity index (χ3n) is 2.53. The van der Waals surface area contributed by atoms with Gasteiger partial charge in [0.1, 0.15) is 5.82 Å². The Morgan fingerprint density at radius 1 is 1.20 bits per heavy atom. The van der Waals surface area contributed by atoms with Crippen molar-refractivity contribution in [1.29, 1.82) is 0 Å². The molecular formula is C12H13BrFN5O. The molecule has 0 unspecified atom stereocenters. The number of halogens is 2. The van der Waals surface area contributed by atoms with E-state index in [0.717, 1.165) is 5.56 Å². The molecule has 1 aromatic heterocycles. The molecule has 0 atom stereocenters. The van der Waals surface area contributed by atoms with Crippen molar-refractivity contribution in [2.24, 2.45) is 0 Å². The first-order valence-corrected chi connectivity index (χ1v) is 6.53. The molecule has 0 amide bonds. The lowest BCUT2D eigenvalue weighted by Gasteiger charge is -2.10. The minimum atomic E-state index is -0.322. The van der Waals surface area contributed by atoms with Gasteiger partial charge in [-0.15, -0.1) is 0 Å². The molecule has 0 radical (unpaired) electrons. The van der Waals surface area contributed by atoms with E-state index in [1.165, 1.54) is 13.2 Å². The lowest BCUT2D eigenvalue weighted by molar-refractivity contribution is 0.379. The Balaban J connectivity index is 2.36. The summed E-state index contributed by atoms with van der Waals surface area (Å²) in [4.78, 5) is 12.2. The van der Waals surface area contributed by atoms with Gasteiger partial charge >= 0.3 is 6.01 Å². The first-order chi connectivity index (χ1) is 9.53. The highest BCUT2D eigenvalue weighted by Gasteiger charge is 2.09. The molecule has 0 bridgehead atoms. The van der Waals surface area contributed by atoms with Crippen molar-refractivity contribution in [2.45, 2.75) is 6.92 Å². The van der Waals surface area contributed by atoms with Crippen molar-refractivity contribution in [3.8, 4) is 6.01 Å². The summed E-state index contributed by atoms with van der Waals surface area (Å²) in [7, 11) is 3.16. The summed E-state index contributed by atoms with van der Waals surface area (Å²) in [6.07, 6.45) is 0. The van der Waals surface area contributed by atoms with Gasteiger partial charge in [0.25, 0.3) is 0 Å². The van der Waals surface area contributed by atoms with E-state index >= 15 is 0 Å². The Kier molecular flexibility index (Phi) is 4.33. The number of anilines is 3. The molecule has 0 spiro atoms. The summed E-state index contributed by atoms with van der Waals surface area (Å²) in [6.45, 7) is 1.79. The summed E-state index contributed by atoms with van der Waals surface area (Å²) in [5.41, 5.74) is 1.42. The molecule has 0 aliphatic heterocycles. The molecule has 0 fully saturated rings. The average Bonchev–Trinajstić information content (AvgIpc) is 2.44. The molecule has 0 aliphatic rings. The van der Waals surface area contributed by atoms with Gasteiger partial charge in [-0.1, -0.05) is 0 Å². The van der Waals surface area contributed by atoms with E-state index in [0.29, 0.717) is 22.1 Å². The number of nitrogens with one attached hydrogen (secondary N) is 2. The maximum absolute atomic E-state index is 13.4. The quantitative estimate of drug-likeness (QED) is 0.890. The fraction of sp³-hybridized carbons (Fsp3) is 0.250. The zero-order valence-electron chi connectivity index (χ0n) is 11.2. The van der Waals surface area contributed by atoms with Crippen LogP contribution in [0.1, 0.15) is 5.56 Å². The van der Waals surface area contributed by atoms with Crippen molar-refractivity contribution in [3.63, 3.8) is 0 Å². The van der Waals surface area contributed by atoms with Crippen LogP contribution in [0.2, 0.25) is 0 Å². The average molecular weight is 342 g/mol. The van der Waals surface area contributed by atoms with Crippen LogP contribution in [0.25, 0.3) is 0 Å². The van der Waals surface area contributed by atoms with Crippen LogP contribution in [-0.2, 0) is 0 Å². The number of methoxy groups -OCH3 is 1. The van der Waals surface area contributed by atoms with Gasteiger partial charge in [0.15, 0.2) is 0 Å². The lowest BCUT2D eigenvalue weighted by Crippen LogP contribution is -2.06. The predicted molar refractivity (Wildman–Crippen MR) is 78.0 cm³/mol. The van der Waals surface area contributed by atoms with Crippen molar-refractivity contribution in [2.75, 3.05) is 24.8 Å². The van der Waals surface area contributed by atoms with Crippen LogP contribution < -0.4 is 15.4 Å². The van der Waals surface area contributed by atoms with Gasteiger partial charge in [-0.25, -0.2) is 4.39 Å².